The van der Waals surface area contributed by atoms with Crippen LogP contribution in [0.2, 0.25) is 0 Å². The number of methoxy groups -OCH3 is 1. The molecular formula is C16H21NO3. The Bertz CT molecular complexity index is 461. The van der Waals surface area contributed by atoms with Gasteiger partial charge in [-0.2, -0.15) is 0 Å². The first-order valence-electron chi connectivity index (χ1n) is 7.34. The second-order valence-corrected chi connectivity index (χ2v) is 5.60. The average Bonchev–Trinajstić information content (AvgIpc) is 3.17. The third kappa shape index (κ3) is 2.96. The van der Waals surface area contributed by atoms with Gasteiger partial charge in [0.1, 0.15) is 11.9 Å². The molecule has 1 aliphatic carbocycles. The van der Waals surface area contributed by atoms with Crippen LogP contribution in [0.4, 0.5) is 0 Å². The van der Waals surface area contributed by atoms with E-state index < -0.39 is 0 Å². The summed E-state index contributed by atoms with van der Waals surface area (Å²) < 4.78 is 10.6. The van der Waals surface area contributed by atoms with Crippen LogP contribution in [0.1, 0.15) is 37.3 Å². The molecule has 1 saturated carbocycles. The molecule has 1 aromatic rings. The number of hydrogen-bond acceptors (Lipinski definition) is 3. The smallest absolute Gasteiger partial charge is 0.249 e. The molecule has 0 radical (unpaired) electrons. The first-order chi connectivity index (χ1) is 9.78. The van der Waals surface area contributed by atoms with Gasteiger partial charge in [0.2, 0.25) is 5.91 Å². The van der Waals surface area contributed by atoms with Gasteiger partial charge in [0.25, 0.3) is 0 Å². The van der Waals surface area contributed by atoms with Crippen molar-refractivity contribution in [2.24, 2.45) is 5.92 Å². The number of hydrogen-bond donors (Lipinski definition) is 1. The molecule has 3 rings (SSSR count). The van der Waals surface area contributed by atoms with Crippen molar-refractivity contribution in [3.8, 4) is 5.75 Å². The first kappa shape index (κ1) is 13.4. The molecule has 1 N–H and O–H groups in total. The maximum atomic E-state index is 12.2. The van der Waals surface area contributed by atoms with Crippen LogP contribution in [0.15, 0.2) is 24.3 Å². The summed E-state index contributed by atoms with van der Waals surface area (Å²) in [7, 11) is 1.66. The van der Waals surface area contributed by atoms with Crippen LogP contribution in [0.25, 0.3) is 0 Å². The summed E-state index contributed by atoms with van der Waals surface area (Å²) in [4.78, 5) is 12.2. The second kappa shape index (κ2) is 5.83. The number of amides is 1. The van der Waals surface area contributed by atoms with Crippen molar-refractivity contribution in [1.29, 1.82) is 0 Å². The third-order valence-electron chi connectivity index (χ3n) is 4.09. The highest BCUT2D eigenvalue weighted by molar-refractivity contribution is 5.81. The highest BCUT2D eigenvalue weighted by Crippen LogP contribution is 2.41. The molecule has 1 heterocycles. The van der Waals surface area contributed by atoms with Crippen LogP contribution in [0.3, 0.4) is 0 Å². The van der Waals surface area contributed by atoms with Gasteiger partial charge in [-0.15, -0.1) is 0 Å². The Balaban J connectivity index is 1.69. The molecule has 0 bridgehead atoms. The Morgan fingerprint density at radius 3 is 2.60 bits per heavy atom. The zero-order valence-electron chi connectivity index (χ0n) is 11.8. The predicted molar refractivity (Wildman–Crippen MR) is 75.6 cm³/mol. The highest BCUT2D eigenvalue weighted by Gasteiger charge is 2.35. The molecule has 1 saturated heterocycles. The summed E-state index contributed by atoms with van der Waals surface area (Å²) in [6.07, 6.45) is 3.93. The molecule has 2 fully saturated rings. The summed E-state index contributed by atoms with van der Waals surface area (Å²) in [5.41, 5.74) is 1.15. The van der Waals surface area contributed by atoms with E-state index in [1.54, 1.807) is 7.11 Å². The molecule has 2 atom stereocenters. The summed E-state index contributed by atoms with van der Waals surface area (Å²) in [5, 5.41) is 3.17. The zero-order valence-corrected chi connectivity index (χ0v) is 11.8. The van der Waals surface area contributed by atoms with Crippen LogP contribution in [0.5, 0.6) is 5.75 Å². The van der Waals surface area contributed by atoms with Gasteiger partial charge in [-0.1, -0.05) is 12.1 Å². The van der Waals surface area contributed by atoms with E-state index in [0.717, 1.165) is 24.2 Å². The SMILES string of the molecule is COc1ccc(C(NC(=O)C2CCCO2)C2CC2)cc1. The van der Waals surface area contributed by atoms with Crippen LogP contribution < -0.4 is 10.1 Å². The molecule has 2 unspecified atom stereocenters. The van der Waals surface area contributed by atoms with Gasteiger partial charge in [0.15, 0.2) is 0 Å². The monoisotopic (exact) mass is 275 g/mol. The van der Waals surface area contributed by atoms with E-state index in [2.05, 4.69) is 5.32 Å². The van der Waals surface area contributed by atoms with E-state index >= 15 is 0 Å². The van der Waals surface area contributed by atoms with Gasteiger partial charge >= 0.3 is 0 Å². The number of carbonyl (C=O) groups excluding carboxylic acids is 1. The highest BCUT2D eigenvalue weighted by atomic mass is 16.5. The van der Waals surface area contributed by atoms with E-state index in [1.807, 2.05) is 24.3 Å². The van der Waals surface area contributed by atoms with Crippen molar-refractivity contribution in [3.05, 3.63) is 29.8 Å². The van der Waals surface area contributed by atoms with Crippen LogP contribution in [0, 0.1) is 5.92 Å². The maximum Gasteiger partial charge on any atom is 0.249 e. The van der Waals surface area contributed by atoms with Gasteiger partial charge in [-0.25, -0.2) is 0 Å². The summed E-state index contributed by atoms with van der Waals surface area (Å²) in [6, 6.07) is 8.08. The Hall–Kier alpha value is -1.55. The Labute approximate surface area is 119 Å². The lowest BCUT2D eigenvalue weighted by molar-refractivity contribution is -0.131. The van der Waals surface area contributed by atoms with Crippen molar-refractivity contribution in [2.75, 3.05) is 13.7 Å². The van der Waals surface area contributed by atoms with Crippen molar-refractivity contribution >= 4 is 5.91 Å². The number of nitrogens with one attached hydrogen (secondary N) is 1. The molecule has 0 spiro atoms. The van der Waals surface area contributed by atoms with E-state index in [4.69, 9.17) is 9.47 Å². The summed E-state index contributed by atoms with van der Waals surface area (Å²) in [5.74, 6) is 1.44. The van der Waals surface area contributed by atoms with Crippen LogP contribution >= 0.6 is 0 Å². The van der Waals surface area contributed by atoms with Crippen molar-refractivity contribution in [1.82, 2.24) is 5.32 Å². The maximum absolute atomic E-state index is 12.2. The van der Waals surface area contributed by atoms with Gasteiger partial charge < -0.3 is 14.8 Å². The van der Waals surface area contributed by atoms with E-state index in [1.165, 1.54) is 12.8 Å². The molecule has 1 aliphatic heterocycles. The first-order valence-corrected chi connectivity index (χ1v) is 7.34. The minimum atomic E-state index is -0.255. The molecule has 20 heavy (non-hydrogen) atoms. The zero-order chi connectivity index (χ0) is 13.9. The number of benzene rings is 1. The normalized spacial score (nSPS) is 23.4. The molecule has 4 heteroatoms. The van der Waals surface area contributed by atoms with E-state index in [9.17, 15) is 4.79 Å². The number of rotatable bonds is 5. The van der Waals surface area contributed by atoms with Gasteiger partial charge in [-0.3, -0.25) is 4.79 Å². The third-order valence-corrected chi connectivity index (χ3v) is 4.09. The minimum Gasteiger partial charge on any atom is -0.497 e. The van der Waals surface area contributed by atoms with E-state index in [-0.39, 0.29) is 18.1 Å². The standard InChI is InChI=1S/C16H21NO3/c1-19-13-8-6-12(7-9-13)15(11-4-5-11)17-16(18)14-3-2-10-20-14/h6-9,11,14-15H,2-5,10H2,1H3,(H,17,18). The van der Waals surface area contributed by atoms with Crippen molar-refractivity contribution in [2.45, 2.75) is 37.8 Å². The van der Waals surface area contributed by atoms with Gasteiger partial charge in [0.05, 0.1) is 13.2 Å². The molecular weight excluding hydrogens is 254 g/mol. The Kier molecular flexibility index (Phi) is 3.92. The largest absolute Gasteiger partial charge is 0.497 e. The molecule has 2 aliphatic rings. The van der Waals surface area contributed by atoms with Gasteiger partial charge in [-0.05, 0) is 49.3 Å². The fraction of sp³-hybridized carbons (Fsp3) is 0.562. The van der Waals surface area contributed by atoms with Crippen molar-refractivity contribution in [3.63, 3.8) is 0 Å². The topological polar surface area (TPSA) is 47.6 Å². The fourth-order valence-corrected chi connectivity index (χ4v) is 2.74. The lowest BCUT2D eigenvalue weighted by atomic mass is 10.0. The van der Waals surface area contributed by atoms with E-state index in [0.29, 0.717) is 12.5 Å². The number of ether oxygens (including phenoxy) is 2. The molecule has 1 amide bonds. The minimum absolute atomic E-state index is 0.0372. The van der Waals surface area contributed by atoms with Gasteiger partial charge in [0, 0.05) is 6.61 Å². The summed E-state index contributed by atoms with van der Waals surface area (Å²) >= 11 is 0. The van der Waals surface area contributed by atoms with Crippen LogP contribution in [-0.2, 0) is 9.53 Å². The molecule has 4 nitrogen and oxygen atoms in total. The van der Waals surface area contributed by atoms with Crippen molar-refractivity contribution < 1.29 is 14.3 Å². The second-order valence-electron chi connectivity index (χ2n) is 5.60. The predicted octanol–water partition coefficient (Wildman–Crippen LogP) is 2.44. The Morgan fingerprint density at radius 2 is 2.05 bits per heavy atom. The lowest BCUT2D eigenvalue weighted by Gasteiger charge is -2.21. The molecule has 0 aromatic heterocycles. The fourth-order valence-electron chi connectivity index (χ4n) is 2.74. The van der Waals surface area contributed by atoms with Crippen LogP contribution in [-0.4, -0.2) is 25.7 Å². The Morgan fingerprint density at radius 1 is 1.30 bits per heavy atom. The average molecular weight is 275 g/mol. The summed E-state index contributed by atoms with van der Waals surface area (Å²) in [6.45, 7) is 0.703. The molecule has 1 aromatic carbocycles. The quantitative estimate of drug-likeness (QED) is 0.898. The molecule has 108 valence electrons. The lowest BCUT2D eigenvalue weighted by Crippen LogP contribution is -2.37. The number of carbonyl (C=O) groups is 1.